The molecule has 0 radical (unpaired) electrons. The molecule has 0 unspecified atom stereocenters. The van der Waals surface area contributed by atoms with Crippen molar-refractivity contribution in [1.82, 2.24) is 25.2 Å². The van der Waals surface area contributed by atoms with Gasteiger partial charge in [0.1, 0.15) is 11.6 Å². The summed E-state index contributed by atoms with van der Waals surface area (Å²) < 4.78 is 26.4. The van der Waals surface area contributed by atoms with Crippen LogP contribution in [0.4, 0.5) is 4.39 Å². The first kappa shape index (κ1) is 27.0. The Morgan fingerprint density at radius 2 is 1.70 bits per heavy atom. The minimum Gasteiger partial charge on any atom is -0.497 e. The van der Waals surface area contributed by atoms with E-state index in [0.717, 1.165) is 11.1 Å². The van der Waals surface area contributed by atoms with Crippen LogP contribution in [0.1, 0.15) is 45.7 Å². The van der Waals surface area contributed by atoms with E-state index in [-0.39, 0.29) is 30.2 Å². The predicted molar refractivity (Wildman–Crippen MR) is 145 cm³/mol. The summed E-state index contributed by atoms with van der Waals surface area (Å²) in [6, 6.07) is 23.0. The Kier molecular flexibility index (Phi) is 8.16. The molecule has 1 aliphatic rings. The highest BCUT2D eigenvalue weighted by atomic mass is 19.1. The Morgan fingerprint density at radius 1 is 1.02 bits per heavy atom. The number of ether oxygens (including phenoxy) is 2. The maximum absolute atomic E-state index is 14.9. The van der Waals surface area contributed by atoms with E-state index in [9.17, 15) is 14.0 Å². The van der Waals surface area contributed by atoms with Gasteiger partial charge in [-0.05, 0) is 23.6 Å². The number of halogens is 1. The number of rotatable bonds is 9. The smallest absolute Gasteiger partial charge is 0.360 e. The second-order valence-electron chi connectivity index (χ2n) is 9.63. The molecule has 10 heteroatoms. The number of aromatic nitrogens is 3. The van der Waals surface area contributed by atoms with Crippen LogP contribution >= 0.6 is 0 Å². The lowest BCUT2D eigenvalue weighted by atomic mass is 9.98. The van der Waals surface area contributed by atoms with Gasteiger partial charge in [0.2, 0.25) is 5.91 Å². The van der Waals surface area contributed by atoms with Crippen molar-refractivity contribution in [3.8, 4) is 5.75 Å². The third-order valence-electron chi connectivity index (χ3n) is 7.15. The van der Waals surface area contributed by atoms with Crippen LogP contribution in [-0.4, -0.2) is 58.6 Å². The van der Waals surface area contributed by atoms with Gasteiger partial charge in [-0.3, -0.25) is 9.69 Å². The van der Waals surface area contributed by atoms with Gasteiger partial charge in [0, 0.05) is 24.7 Å². The number of carbonyl (C=O) groups excluding carboxylic acids is 2. The molecule has 1 aromatic heterocycles. The number of esters is 1. The zero-order valence-electron chi connectivity index (χ0n) is 22.2. The number of nitrogens with one attached hydrogen (secondary N) is 1. The molecule has 1 N–H and O–H groups in total. The summed E-state index contributed by atoms with van der Waals surface area (Å²) in [5, 5.41) is 11.3. The molecule has 0 bridgehead atoms. The highest BCUT2D eigenvalue weighted by Gasteiger charge is 2.39. The van der Waals surface area contributed by atoms with Crippen LogP contribution in [0.25, 0.3) is 0 Å². The van der Waals surface area contributed by atoms with Crippen LogP contribution in [0.3, 0.4) is 0 Å². The number of benzene rings is 3. The summed E-state index contributed by atoms with van der Waals surface area (Å²) in [6.45, 7) is 0.596. The van der Waals surface area contributed by atoms with E-state index < -0.39 is 17.8 Å². The molecule has 5 rings (SSSR count). The van der Waals surface area contributed by atoms with E-state index >= 15 is 0 Å². The lowest BCUT2D eigenvalue weighted by Gasteiger charge is -2.27. The van der Waals surface area contributed by atoms with Crippen LogP contribution in [0.15, 0.2) is 85.1 Å². The van der Waals surface area contributed by atoms with Crippen molar-refractivity contribution in [3.63, 3.8) is 0 Å². The molecule has 4 aromatic rings. The van der Waals surface area contributed by atoms with Crippen molar-refractivity contribution in [2.24, 2.45) is 0 Å². The zero-order chi connectivity index (χ0) is 28.1. The van der Waals surface area contributed by atoms with Crippen LogP contribution in [0, 0.1) is 5.82 Å². The molecule has 1 amide bonds. The van der Waals surface area contributed by atoms with E-state index in [2.05, 4.69) is 15.6 Å². The maximum atomic E-state index is 14.9. The molecular formula is C30H30FN5O4. The molecular weight excluding hydrogens is 513 g/mol. The van der Waals surface area contributed by atoms with E-state index in [0.29, 0.717) is 24.3 Å². The lowest BCUT2D eigenvalue weighted by Crippen LogP contribution is -2.44. The highest BCUT2D eigenvalue weighted by Crippen LogP contribution is 2.31. The van der Waals surface area contributed by atoms with Crippen LogP contribution < -0.4 is 10.1 Å². The summed E-state index contributed by atoms with van der Waals surface area (Å²) in [5.41, 5.74) is 2.42. The van der Waals surface area contributed by atoms with Gasteiger partial charge in [0.25, 0.3) is 0 Å². The van der Waals surface area contributed by atoms with Gasteiger partial charge in [-0.25, -0.2) is 13.9 Å². The number of carbonyl (C=O) groups is 2. The Labute approximate surface area is 231 Å². The molecule has 0 saturated carbocycles. The molecule has 0 aliphatic carbocycles. The summed E-state index contributed by atoms with van der Waals surface area (Å²) >= 11 is 0. The Hall–Kier alpha value is -4.57. The second-order valence-corrected chi connectivity index (χ2v) is 9.63. The summed E-state index contributed by atoms with van der Waals surface area (Å²) in [7, 11) is 2.76. The SMILES string of the molecule is COC(=O)c1cn([C@@H]2C[C@@H](C(=O)NC(c3ccccc3)c3ccccc3)N(Cc3ccc(OC)cc3F)C2)nn1. The fraction of sp³-hybridized carbons (Fsp3) is 0.267. The Morgan fingerprint density at radius 3 is 2.30 bits per heavy atom. The number of amides is 1. The average molecular weight is 544 g/mol. The van der Waals surface area contributed by atoms with Crippen molar-refractivity contribution >= 4 is 11.9 Å². The summed E-state index contributed by atoms with van der Waals surface area (Å²) in [6.07, 6.45) is 1.91. The number of likely N-dealkylation sites (tertiary alicyclic amines) is 1. The quantitative estimate of drug-likeness (QED) is 0.320. The first-order valence-corrected chi connectivity index (χ1v) is 12.9. The second kappa shape index (κ2) is 12.1. The summed E-state index contributed by atoms with van der Waals surface area (Å²) in [5.74, 6) is -0.782. The maximum Gasteiger partial charge on any atom is 0.360 e. The zero-order valence-corrected chi connectivity index (χ0v) is 22.2. The summed E-state index contributed by atoms with van der Waals surface area (Å²) in [4.78, 5) is 27.8. The topological polar surface area (TPSA) is 98.6 Å². The first-order valence-electron chi connectivity index (χ1n) is 12.9. The third-order valence-corrected chi connectivity index (χ3v) is 7.15. The minimum absolute atomic E-state index is 0.0800. The Bertz CT molecular complexity index is 1420. The minimum atomic E-state index is -0.593. The first-order chi connectivity index (χ1) is 19.5. The highest BCUT2D eigenvalue weighted by molar-refractivity contribution is 5.86. The van der Waals surface area contributed by atoms with E-state index in [1.165, 1.54) is 26.5 Å². The number of methoxy groups -OCH3 is 2. The van der Waals surface area contributed by atoms with E-state index in [4.69, 9.17) is 9.47 Å². The van der Waals surface area contributed by atoms with Crippen molar-refractivity contribution < 1.29 is 23.5 Å². The van der Waals surface area contributed by atoms with Crippen LogP contribution in [0.5, 0.6) is 5.75 Å². The fourth-order valence-corrected chi connectivity index (χ4v) is 5.06. The molecule has 0 spiro atoms. The lowest BCUT2D eigenvalue weighted by molar-refractivity contribution is -0.126. The standard InChI is InChI=1S/C30H30FN5O4/c1-39-24-14-13-22(25(31)16-24)17-35-18-23(36-19-26(33-34-36)30(38)40-2)15-27(35)29(37)32-28(20-9-5-3-6-10-20)21-11-7-4-8-12-21/h3-14,16,19,23,27-28H,15,17-18H2,1-2H3,(H,32,37)/t23-,27+/m1/s1. The Balaban J connectivity index is 1.43. The van der Waals surface area contributed by atoms with E-state index in [1.54, 1.807) is 16.8 Å². The van der Waals surface area contributed by atoms with Crippen molar-refractivity contribution in [2.45, 2.75) is 31.1 Å². The monoisotopic (exact) mass is 543 g/mol. The molecule has 1 fully saturated rings. The third kappa shape index (κ3) is 5.86. The molecule has 40 heavy (non-hydrogen) atoms. The number of hydrogen-bond donors (Lipinski definition) is 1. The van der Waals surface area contributed by atoms with Gasteiger partial charge in [-0.2, -0.15) is 0 Å². The van der Waals surface area contributed by atoms with Gasteiger partial charge in [-0.15, -0.1) is 5.10 Å². The number of nitrogens with zero attached hydrogens (tertiary/aromatic N) is 4. The fourth-order valence-electron chi connectivity index (χ4n) is 5.06. The molecule has 9 nitrogen and oxygen atoms in total. The largest absolute Gasteiger partial charge is 0.497 e. The average Bonchev–Trinajstić information content (AvgIpc) is 3.65. The van der Waals surface area contributed by atoms with Gasteiger partial charge >= 0.3 is 5.97 Å². The molecule has 1 saturated heterocycles. The van der Waals surface area contributed by atoms with Gasteiger partial charge in [-0.1, -0.05) is 71.9 Å². The van der Waals surface area contributed by atoms with Crippen molar-refractivity contribution in [1.29, 1.82) is 0 Å². The van der Waals surface area contributed by atoms with Gasteiger partial charge in [0.15, 0.2) is 5.69 Å². The van der Waals surface area contributed by atoms with Gasteiger partial charge < -0.3 is 14.8 Å². The van der Waals surface area contributed by atoms with Crippen molar-refractivity contribution in [2.75, 3.05) is 20.8 Å². The molecule has 1 aliphatic heterocycles. The van der Waals surface area contributed by atoms with Crippen molar-refractivity contribution in [3.05, 3.63) is 113 Å². The molecule has 2 atom stereocenters. The van der Waals surface area contributed by atoms with Crippen LogP contribution in [-0.2, 0) is 16.1 Å². The van der Waals surface area contributed by atoms with Crippen LogP contribution in [0.2, 0.25) is 0 Å². The number of hydrogen-bond acceptors (Lipinski definition) is 7. The predicted octanol–water partition coefficient (Wildman–Crippen LogP) is 3.93. The van der Waals surface area contributed by atoms with E-state index in [1.807, 2.05) is 65.6 Å². The molecule has 3 aromatic carbocycles. The van der Waals surface area contributed by atoms with Gasteiger partial charge in [0.05, 0.1) is 38.5 Å². The normalized spacial score (nSPS) is 17.1. The molecule has 206 valence electrons. The molecule has 2 heterocycles.